The maximum atomic E-state index is 6.02. The highest BCUT2D eigenvalue weighted by Crippen LogP contribution is 2.35. The van der Waals surface area contributed by atoms with Crippen LogP contribution in [0.3, 0.4) is 0 Å². The second-order valence-electron chi connectivity index (χ2n) is 5.85. The van der Waals surface area contributed by atoms with Crippen LogP contribution in [0.1, 0.15) is 66.0 Å². The Labute approximate surface area is 131 Å². The van der Waals surface area contributed by atoms with Gasteiger partial charge in [-0.1, -0.05) is 13.8 Å². The van der Waals surface area contributed by atoms with Crippen molar-refractivity contribution in [2.24, 2.45) is 0 Å². The van der Waals surface area contributed by atoms with E-state index in [1.165, 1.54) is 30.6 Å². The van der Waals surface area contributed by atoms with Crippen LogP contribution < -0.4 is 5.32 Å². The van der Waals surface area contributed by atoms with Crippen LogP contribution in [0.4, 0.5) is 0 Å². The smallest absolute Gasteiger partial charge is 0.126 e. The van der Waals surface area contributed by atoms with Crippen LogP contribution in [0.25, 0.3) is 0 Å². The summed E-state index contributed by atoms with van der Waals surface area (Å²) in [5.74, 6) is 2.15. The van der Waals surface area contributed by atoms with Crippen LogP contribution in [0, 0.1) is 0 Å². The van der Waals surface area contributed by atoms with E-state index in [1.54, 1.807) is 10.4 Å². The molecule has 1 N–H and O–H groups in total. The van der Waals surface area contributed by atoms with Crippen molar-refractivity contribution >= 4 is 11.3 Å². The molecule has 114 valence electrons. The first-order valence-corrected chi connectivity index (χ1v) is 9.07. The third-order valence-corrected chi connectivity index (χ3v) is 5.52. The van der Waals surface area contributed by atoms with Gasteiger partial charge in [0.1, 0.15) is 17.6 Å². The molecule has 2 heterocycles. The van der Waals surface area contributed by atoms with E-state index in [9.17, 15) is 0 Å². The van der Waals surface area contributed by atoms with Crippen molar-refractivity contribution < 1.29 is 4.42 Å². The largest absolute Gasteiger partial charge is 0.464 e. The molecule has 0 aliphatic heterocycles. The van der Waals surface area contributed by atoms with Crippen molar-refractivity contribution in [1.29, 1.82) is 0 Å². The first-order chi connectivity index (χ1) is 10.3. The fourth-order valence-corrected chi connectivity index (χ4v) is 4.37. The Morgan fingerprint density at radius 1 is 1.24 bits per heavy atom. The summed E-state index contributed by atoms with van der Waals surface area (Å²) in [4.78, 5) is 3.02. The number of rotatable bonds is 6. The van der Waals surface area contributed by atoms with Crippen molar-refractivity contribution in [3.8, 4) is 0 Å². The zero-order chi connectivity index (χ0) is 14.7. The van der Waals surface area contributed by atoms with Crippen molar-refractivity contribution in [3.63, 3.8) is 0 Å². The Morgan fingerprint density at radius 3 is 2.81 bits per heavy atom. The van der Waals surface area contributed by atoms with Crippen molar-refractivity contribution in [2.75, 3.05) is 6.54 Å². The topological polar surface area (TPSA) is 25.2 Å². The highest BCUT2D eigenvalue weighted by Gasteiger charge is 2.22. The molecule has 1 atom stereocenters. The minimum atomic E-state index is 0.223. The lowest BCUT2D eigenvalue weighted by molar-refractivity contribution is 0.424. The van der Waals surface area contributed by atoms with Crippen molar-refractivity contribution in [2.45, 2.75) is 58.4 Å². The van der Waals surface area contributed by atoms with Gasteiger partial charge in [0.2, 0.25) is 0 Å². The van der Waals surface area contributed by atoms with Gasteiger partial charge in [-0.15, -0.1) is 11.3 Å². The van der Waals surface area contributed by atoms with Gasteiger partial charge in [-0.05, 0) is 62.4 Å². The molecule has 0 amide bonds. The molecule has 0 saturated heterocycles. The number of nitrogens with one attached hydrogen (secondary N) is 1. The molecular formula is C18H25NOS. The van der Waals surface area contributed by atoms with E-state index in [4.69, 9.17) is 4.42 Å². The Morgan fingerprint density at radius 2 is 2.10 bits per heavy atom. The lowest BCUT2D eigenvalue weighted by atomic mass is 9.98. The van der Waals surface area contributed by atoms with Gasteiger partial charge < -0.3 is 9.73 Å². The minimum Gasteiger partial charge on any atom is -0.464 e. The summed E-state index contributed by atoms with van der Waals surface area (Å²) in [6.07, 6.45) is 7.31. The third-order valence-electron chi connectivity index (χ3n) is 4.21. The van der Waals surface area contributed by atoms with Gasteiger partial charge >= 0.3 is 0 Å². The Bertz CT molecular complexity index is 560. The van der Waals surface area contributed by atoms with E-state index in [2.05, 4.69) is 37.4 Å². The van der Waals surface area contributed by atoms with Gasteiger partial charge in [-0.25, -0.2) is 0 Å². The molecule has 1 aliphatic carbocycles. The molecule has 21 heavy (non-hydrogen) atoms. The van der Waals surface area contributed by atoms with Crippen molar-refractivity contribution in [1.82, 2.24) is 5.32 Å². The molecule has 2 aromatic rings. The number of furan rings is 1. The molecule has 0 saturated carbocycles. The molecule has 2 nitrogen and oxygen atoms in total. The maximum Gasteiger partial charge on any atom is 0.126 e. The Hall–Kier alpha value is -1.06. The second kappa shape index (κ2) is 6.80. The molecule has 1 aliphatic rings. The van der Waals surface area contributed by atoms with Gasteiger partial charge in [-0.2, -0.15) is 0 Å². The number of fused-ring (bicyclic) bond motifs is 1. The van der Waals surface area contributed by atoms with Gasteiger partial charge in [0, 0.05) is 16.2 Å². The molecule has 3 heteroatoms. The fraction of sp³-hybridized carbons (Fsp3) is 0.556. The van der Waals surface area contributed by atoms with Crippen LogP contribution in [0.2, 0.25) is 0 Å². The average molecular weight is 303 g/mol. The van der Waals surface area contributed by atoms with Crippen LogP contribution in [-0.4, -0.2) is 6.54 Å². The average Bonchev–Trinajstić information content (AvgIpc) is 3.14. The van der Waals surface area contributed by atoms with E-state index in [-0.39, 0.29) is 6.04 Å². The summed E-state index contributed by atoms with van der Waals surface area (Å²) in [6, 6.07) is 6.90. The summed E-state index contributed by atoms with van der Waals surface area (Å²) in [6.45, 7) is 5.37. The molecule has 3 rings (SSSR count). The standard InChI is InChI=1S/C18H25NOS/c1-3-11-19-18(15-10-9-14(4-2)20-15)17-12-13-7-5-6-8-16(13)21-17/h9-10,12,18-19H,3-8,11H2,1-2H3. The van der Waals surface area contributed by atoms with Crippen LogP contribution in [0.5, 0.6) is 0 Å². The Kier molecular flexibility index (Phi) is 4.81. The van der Waals surface area contributed by atoms with E-state index < -0.39 is 0 Å². The first-order valence-electron chi connectivity index (χ1n) is 8.25. The fourth-order valence-electron chi connectivity index (χ4n) is 3.03. The minimum absolute atomic E-state index is 0.223. The van der Waals surface area contributed by atoms with E-state index >= 15 is 0 Å². The molecule has 1 unspecified atom stereocenters. The van der Waals surface area contributed by atoms with Crippen LogP contribution >= 0.6 is 11.3 Å². The zero-order valence-corrected chi connectivity index (χ0v) is 13.9. The SMILES string of the molecule is CCCNC(c1ccc(CC)o1)c1cc2c(s1)CCCC2. The third kappa shape index (κ3) is 3.24. The molecule has 0 fully saturated rings. The van der Waals surface area contributed by atoms with Gasteiger partial charge in [0.05, 0.1) is 0 Å². The lowest BCUT2D eigenvalue weighted by Crippen LogP contribution is -2.21. The molecule has 0 radical (unpaired) electrons. The monoisotopic (exact) mass is 303 g/mol. The summed E-state index contributed by atoms with van der Waals surface area (Å²) >= 11 is 1.98. The van der Waals surface area contributed by atoms with Crippen LogP contribution in [0.15, 0.2) is 22.6 Å². The normalized spacial score (nSPS) is 15.9. The number of hydrogen-bond acceptors (Lipinski definition) is 3. The maximum absolute atomic E-state index is 6.02. The molecular weight excluding hydrogens is 278 g/mol. The molecule has 0 aromatic carbocycles. The highest BCUT2D eigenvalue weighted by molar-refractivity contribution is 7.12. The lowest BCUT2D eigenvalue weighted by Gasteiger charge is -2.14. The number of hydrogen-bond donors (Lipinski definition) is 1. The predicted molar refractivity (Wildman–Crippen MR) is 89.2 cm³/mol. The van der Waals surface area contributed by atoms with E-state index in [1.807, 2.05) is 11.3 Å². The highest BCUT2D eigenvalue weighted by atomic mass is 32.1. The summed E-state index contributed by atoms with van der Waals surface area (Å²) < 4.78 is 6.02. The van der Waals surface area contributed by atoms with Crippen LogP contribution in [-0.2, 0) is 19.3 Å². The number of aryl methyl sites for hydroxylation is 3. The van der Waals surface area contributed by atoms with Crippen molar-refractivity contribution in [3.05, 3.63) is 45.0 Å². The quantitative estimate of drug-likeness (QED) is 0.823. The summed E-state index contributed by atoms with van der Waals surface area (Å²) in [7, 11) is 0. The second-order valence-corrected chi connectivity index (χ2v) is 7.02. The van der Waals surface area contributed by atoms with Gasteiger partial charge in [0.25, 0.3) is 0 Å². The molecule has 2 aromatic heterocycles. The molecule has 0 bridgehead atoms. The zero-order valence-electron chi connectivity index (χ0n) is 13.1. The first kappa shape index (κ1) is 14.9. The predicted octanol–water partition coefficient (Wildman–Crippen LogP) is 4.87. The number of thiophene rings is 1. The van der Waals surface area contributed by atoms with E-state index in [0.29, 0.717) is 0 Å². The summed E-state index contributed by atoms with van der Waals surface area (Å²) in [5, 5.41) is 3.67. The van der Waals surface area contributed by atoms with Gasteiger partial charge in [-0.3, -0.25) is 0 Å². The summed E-state index contributed by atoms with van der Waals surface area (Å²) in [5.41, 5.74) is 1.58. The van der Waals surface area contributed by atoms with Gasteiger partial charge in [0.15, 0.2) is 0 Å². The molecule has 0 spiro atoms. The van der Waals surface area contributed by atoms with E-state index in [0.717, 1.165) is 30.9 Å². The Balaban J connectivity index is 1.89.